The molecule has 1 unspecified atom stereocenters. The number of rotatable bonds is 5. The number of hydrogen-bond donors (Lipinski definition) is 3. The standard InChI is InChI=1S/C12H12ClNO5/c13-8-3-9-6(2-11(16)14-9)1-7(8)10(15)4-19-5-12(17)18/h1,3,10,15H,2,4-5H2,(H,14,16)(H,17,18). The first kappa shape index (κ1) is 13.8. The van der Waals surface area contributed by atoms with Crippen LogP contribution in [0.2, 0.25) is 5.02 Å². The van der Waals surface area contributed by atoms with Gasteiger partial charge in [-0.05, 0) is 17.7 Å². The Morgan fingerprint density at radius 1 is 1.53 bits per heavy atom. The Balaban J connectivity index is 2.10. The lowest BCUT2D eigenvalue weighted by atomic mass is 10.0. The predicted octanol–water partition coefficient (Wildman–Crippen LogP) is 0.969. The Hall–Kier alpha value is -1.63. The van der Waals surface area contributed by atoms with E-state index < -0.39 is 18.7 Å². The van der Waals surface area contributed by atoms with Crippen molar-refractivity contribution in [2.24, 2.45) is 0 Å². The van der Waals surface area contributed by atoms with Gasteiger partial charge in [-0.15, -0.1) is 0 Å². The van der Waals surface area contributed by atoms with E-state index in [2.05, 4.69) is 5.32 Å². The molecule has 0 saturated heterocycles. The van der Waals surface area contributed by atoms with Crippen LogP contribution in [0.5, 0.6) is 0 Å². The number of carbonyl (C=O) groups excluding carboxylic acids is 1. The molecule has 1 heterocycles. The highest BCUT2D eigenvalue weighted by molar-refractivity contribution is 6.32. The number of aliphatic carboxylic acids is 1. The van der Waals surface area contributed by atoms with Gasteiger partial charge in [-0.1, -0.05) is 11.6 Å². The monoisotopic (exact) mass is 285 g/mol. The van der Waals surface area contributed by atoms with E-state index in [9.17, 15) is 14.7 Å². The maximum Gasteiger partial charge on any atom is 0.329 e. The largest absolute Gasteiger partial charge is 0.480 e. The number of carboxylic acids is 1. The van der Waals surface area contributed by atoms with Crippen molar-refractivity contribution in [1.29, 1.82) is 0 Å². The Morgan fingerprint density at radius 3 is 2.95 bits per heavy atom. The molecule has 1 atom stereocenters. The quantitative estimate of drug-likeness (QED) is 0.749. The van der Waals surface area contributed by atoms with Gasteiger partial charge < -0.3 is 20.3 Å². The highest BCUT2D eigenvalue weighted by atomic mass is 35.5. The Labute approximate surface area is 113 Å². The molecule has 19 heavy (non-hydrogen) atoms. The summed E-state index contributed by atoms with van der Waals surface area (Å²) in [5.74, 6) is -1.23. The Morgan fingerprint density at radius 2 is 2.26 bits per heavy atom. The number of aliphatic hydroxyl groups excluding tert-OH is 1. The number of benzene rings is 1. The number of fused-ring (bicyclic) bond motifs is 1. The average Bonchev–Trinajstić information content (AvgIpc) is 2.66. The lowest BCUT2D eigenvalue weighted by Crippen LogP contribution is -2.13. The number of hydrogen-bond acceptors (Lipinski definition) is 4. The molecule has 1 aromatic rings. The number of aliphatic hydroxyl groups is 1. The van der Waals surface area contributed by atoms with Crippen molar-refractivity contribution >= 4 is 29.2 Å². The maximum absolute atomic E-state index is 11.2. The molecule has 0 bridgehead atoms. The molecule has 3 N–H and O–H groups in total. The highest BCUT2D eigenvalue weighted by Crippen LogP contribution is 2.32. The van der Waals surface area contributed by atoms with Crippen molar-refractivity contribution < 1.29 is 24.5 Å². The van der Waals surface area contributed by atoms with Crippen LogP contribution in [0.25, 0.3) is 0 Å². The van der Waals surface area contributed by atoms with Gasteiger partial charge in [0.1, 0.15) is 12.7 Å². The number of carboxylic acid groups (broad SMARTS) is 1. The number of halogens is 1. The molecule has 0 radical (unpaired) electrons. The molecular weight excluding hydrogens is 274 g/mol. The zero-order chi connectivity index (χ0) is 14.0. The minimum absolute atomic E-state index is 0.125. The first-order valence-electron chi connectivity index (χ1n) is 5.57. The van der Waals surface area contributed by atoms with Gasteiger partial charge in [-0.2, -0.15) is 0 Å². The van der Waals surface area contributed by atoms with Gasteiger partial charge in [-0.25, -0.2) is 4.79 Å². The minimum atomic E-state index is -1.11. The van der Waals surface area contributed by atoms with E-state index >= 15 is 0 Å². The topological polar surface area (TPSA) is 95.9 Å². The maximum atomic E-state index is 11.2. The SMILES string of the molecule is O=C(O)COCC(O)c1cc2c(cc1Cl)NC(=O)C2. The second kappa shape index (κ2) is 5.56. The molecule has 2 rings (SSSR count). The summed E-state index contributed by atoms with van der Waals surface area (Å²) in [6.07, 6.45) is -0.796. The van der Waals surface area contributed by atoms with E-state index in [0.29, 0.717) is 16.3 Å². The summed E-state index contributed by atoms with van der Waals surface area (Å²) < 4.78 is 4.82. The third kappa shape index (κ3) is 3.23. The molecular formula is C12H12ClNO5. The Bertz CT molecular complexity index is 531. The van der Waals surface area contributed by atoms with Gasteiger partial charge in [0, 0.05) is 16.3 Å². The van der Waals surface area contributed by atoms with Gasteiger partial charge in [-0.3, -0.25) is 4.79 Å². The van der Waals surface area contributed by atoms with E-state index in [1.54, 1.807) is 12.1 Å². The zero-order valence-electron chi connectivity index (χ0n) is 9.85. The number of anilines is 1. The molecule has 7 heteroatoms. The van der Waals surface area contributed by atoms with Crippen LogP contribution in [0.3, 0.4) is 0 Å². The van der Waals surface area contributed by atoms with Crippen LogP contribution in [-0.4, -0.2) is 35.3 Å². The van der Waals surface area contributed by atoms with Crippen LogP contribution >= 0.6 is 11.6 Å². The van der Waals surface area contributed by atoms with Crippen molar-refractivity contribution in [1.82, 2.24) is 0 Å². The summed E-state index contributed by atoms with van der Waals surface area (Å²) in [6.45, 7) is -0.661. The van der Waals surface area contributed by atoms with Gasteiger partial charge in [0.05, 0.1) is 13.0 Å². The molecule has 0 fully saturated rings. The van der Waals surface area contributed by atoms with Crippen LogP contribution in [0.4, 0.5) is 5.69 Å². The second-order valence-corrected chi connectivity index (χ2v) is 4.59. The van der Waals surface area contributed by atoms with Crippen molar-refractivity contribution in [2.45, 2.75) is 12.5 Å². The number of carbonyl (C=O) groups is 2. The molecule has 1 aliphatic heterocycles. The average molecular weight is 286 g/mol. The van der Waals surface area contributed by atoms with Crippen LogP contribution < -0.4 is 5.32 Å². The summed E-state index contributed by atoms with van der Waals surface area (Å²) in [7, 11) is 0. The second-order valence-electron chi connectivity index (χ2n) is 4.18. The van der Waals surface area contributed by atoms with E-state index in [1.165, 1.54) is 0 Å². The molecule has 6 nitrogen and oxygen atoms in total. The van der Waals surface area contributed by atoms with Crippen molar-refractivity contribution in [2.75, 3.05) is 18.5 Å². The molecule has 0 aliphatic carbocycles. The van der Waals surface area contributed by atoms with E-state index in [1.807, 2.05) is 0 Å². The zero-order valence-corrected chi connectivity index (χ0v) is 10.6. The number of nitrogens with one attached hydrogen (secondary N) is 1. The minimum Gasteiger partial charge on any atom is -0.480 e. The number of amides is 1. The van der Waals surface area contributed by atoms with Gasteiger partial charge in [0.2, 0.25) is 5.91 Å². The fraction of sp³-hybridized carbons (Fsp3) is 0.333. The van der Waals surface area contributed by atoms with Crippen LogP contribution in [0, 0.1) is 0 Å². The summed E-state index contributed by atoms with van der Waals surface area (Å²) in [5.41, 5.74) is 1.81. The highest BCUT2D eigenvalue weighted by Gasteiger charge is 2.22. The smallest absolute Gasteiger partial charge is 0.329 e. The molecule has 1 aromatic carbocycles. The first-order chi connectivity index (χ1) is 8.97. The van der Waals surface area contributed by atoms with Crippen LogP contribution in [-0.2, 0) is 20.7 Å². The van der Waals surface area contributed by atoms with Crippen LogP contribution in [0.1, 0.15) is 17.2 Å². The summed E-state index contributed by atoms with van der Waals surface area (Å²) in [4.78, 5) is 21.5. The first-order valence-corrected chi connectivity index (χ1v) is 5.95. The summed E-state index contributed by atoms with van der Waals surface area (Å²) >= 11 is 6.01. The lowest BCUT2D eigenvalue weighted by Gasteiger charge is -2.14. The van der Waals surface area contributed by atoms with Crippen molar-refractivity contribution in [3.8, 4) is 0 Å². The molecule has 0 saturated carbocycles. The fourth-order valence-corrected chi connectivity index (χ4v) is 2.16. The van der Waals surface area contributed by atoms with Crippen molar-refractivity contribution in [3.63, 3.8) is 0 Å². The number of ether oxygens (including phenoxy) is 1. The van der Waals surface area contributed by atoms with Crippen LogP contribution in [0.15, 0.2) is 12.1 Å². The predicted molar refractivity (Wildman–Crippen MR) is 67.2 cm³/mol. The van der Waals surface area contributed by atoms with Gasteiger partial charge in [0.25, 0.3) is 0 Å². The molecule has 1 aliphatic rings. The van der Waals surface area contributed by atoms with Gasteiger partial charge >= 0.3 is 5.97 Å². The Kier molecular flexibility index (Phi) is 4.04. The van der Waals surface area contributed by atoms with Crippen molar-refractivity contribution in [3.05, 3.63) is 28.3 Å². The van der Waals surface area contributed by atoms with E-state index in [4.69, 9.17) is 21.4 Å². The molecule has 102 valence electrons. The van der Waals surface area contributed by atoms with Gasteiger partial charge in [0.15, 0.2) is 0 Å². The lowest BCUT2D eigenvalue weighted by molar-refractivity contribution is -0.143. The summed E-state index contributed by atoms with van der Waals surface area (Å²) in [5, 5.41) is 21.3. The molecule has 0 spiro atoms. The fourth-order valence-electron chi connectivity index (χ4n) is 1.87. The third-order valence-electron chi connectivity index (χ3n) is 2.71. The summed E-state index contributed by atoms with van der Waals surface area (Å²) in [6, 6.07) is 3.20. The molecule has 0 aromatic heterocycles. The van der Waals surface area contributed by atoms with E-state index in [0.717, 1.165) is 5.56 Å². The third-order valence-corrected chi connectivity index (χ3v) is 3.04. The normalized spacial score (nSPS) is 14.9. The molecule has 1 amide bonds. The van der Waals surface area contributed by atoms with E-state index in [-0.39, 0.29) is 18.9 Å².